The number of fused-ring (bicyclic) bond motifs is 1. The van der Waals surface area contributed by atoms with Crippen LogP contribution in [0.15, 0.2) is 18.2 Å². The van der Waals surface area contributed by atoms with Gasteiger partial charge in [0.1, 0.15) is 6.10 Å². The Hall–Kier alpha value is -1.56. The molecule has 1 aliphatic heterocycles. The smallest absolute Gasteiger partial charge is 0.338 e. The zero-order valence-electron chi connectivity index (χ0n) is 13.6. The van der Waals surface area contributed by atoms with Gasteiger partial charge in [0.25, 0.3) is 0 Å². The Balaban J connectivity index is 1.74. The molecule has 2 aliphatic rings. The molecule has 1 aliphatic carbocycles. The van der Waals surface area contributed by atoms with Gasteiger partial charge in [0.15, 0.2) is 0 Å². The fourth-order valence-corrected chi connectivity index (χ4v) is 4.51. The van der Waals surface area contributed by atoms with Crippen LogP contribution in [0.25, 0.3) is 0 Å². The van der Waals surface area contributed by atoms with Gasteiger partial charge < -0.3 is 4.74 Å². The highest BCUT2D eigenvalue weighted by atomic mass is 32.2. The lowest BCUT2D eigenvalue weighted by Crippen LogP contribution is -2.27. The predicted molar refractivity (Wildman–Crippen MR) is 89.2 cm³/mol. The fraction of sp³-hybridized carbons (Fsp3) is 0.588. The molecule has 1 saturated carbocycles. The maximum Gasteiger partial charge on any atom is 0.338 e. The van der Waals surface area contributed by atoms with Crippen LogP contribution < -0.4 is 4.31 Å². The van der Waals surface area contributed by atoms with E-state index in [0.29, 0.717) is 30.1 Å². The van der Waals surface area contributed by atoms with Crippen molar-refractivity contribution < 1.29 is 17.9 Å². The summed E-state index contributed by atoms with van der Waals surface area (Å²) < 4.78 is 30.5. The molecule has 0 N–H and O–H groups in total. The van der Waals surface area contributed by atoms with E-state index in [2.05, 4.69) is 6.92 Å². The molecule has 0 bridgehead atoms. The van der Waals surface area contributed by atoms with Crippen molar-refractivity contribution in [2.24, 2.45) is 5.92 Å². The summed E-state index contributed by atoms with van der Waals surface area (Å²) in [7, 11) is -3.26. The highest BCUT2D eigenvalue weighted by Crippen LogP contribution is 2.31. The van der Waals surface area contributed by atoms with E-state index in [1.165, 1.54) is 17.0 Å². The predicted octanol–water partition coefficient (Wildman–Crippen LogP) is 2.74. The summed E-state index contributed by atoms with van der Waals surface area (Å²) in [5.41, 5.74) is 2.08. The van der Waals surface area contributed by atoms with Gasteiger partial charge in [0.05, 0.1) is 17.5 Å². The number of anilines is 1. The number of hydrogen-bond donors (Lipinski definition) is 0. The molecule has 0 radical (unpaired) electrons. The van der Waals surface area contributed by atoms with E-state index >= 15 is 0 Å². The molecule has 1 aromatic carbocycles. The van der Waals surface area contributed by atoms with Crippen molar-refractivity contribution in [3.8, 4) is 0 Å². The van der Waals surface area contributed by atoms with Gasteiger partial charge in [-0.15, -0.1) is 0 Å². The van der Waals surface area contributed by atoms with E-state index in [9.17, 15) is 13.2 Å². The monoisotopic (exact) mass is 337 g/mol. The molecule has 1 fully saturated rings. The minimum Gasteiger partial charge on any atom is -0.459 e. The molecule has 23 heavy (non-hydrogen) atoms. The maximum absolute atomic E-state index is 12.3. The third kappa shape index (κ3) is 3.52. The highest BCUT2D eigenvalue weighted by Gasteiger charge is 2.28. The summed E-state index contributed by atoms with van der Waals surface area (Å²) in [6.45, 7) is 2.63. The molecule has 3 rings (SSSR count). The number of sulfonamides is 1. The molecule has 1 heterocycles. The van der Waals surface area contributed by atoms with Crippen LogP contribution >= 0.6 is 0 Å². The Morgan fingerprint density at radius 2 is 2.09 bits per heavy atom. The molecule has 6 heteroatoms. The number of ether oxygens (including phenoxy) is 1. The zero-order valence-corrected chi connectivity index (χ0v) is 14.4. The summed E-state index contributed by atoms with van der Waals surface area (Å²) in [5, 5.41) is 0. The Morgan fingerprint density at radius 3 is 2.78 bits per heavy atom. The first kappa shape index (κ1) is 16.3. The van der Waals surface area contributed by atoms with Crippen LogP contribution in [0.3, 0.4) is 0 Å². The molecule has 0 amide bonds. The van der Waals surface area contributed by atoms with Crippen molar-refractivity contribution in [2.75, 3.05) is 17.1 Å². The number of nitrogens with zero attached hydrogens (tertiary/aromatic N) is 1. The van der Waals surface area contributed by atoms with Gasteiger partial charge in [-0.3, -0.25) is 4.31 Å². The number of esters is 1. The van der Waals surface area contributed by atoms with Crippen LogP contribution in [0, 0.1) is 5.92 Å². The molecule has 2 unspecified atom stereocenters. The maximum atomic E-state index is 12.3. The summed E-state index contributed by atoms with van der Waals surface area (Å²) in [6, 6.07) is 5.15. The average molecular weight is 337 g/mol. The first-order valence-corrected chi connectivity index (χ1v) is 10.0. The van der Waals surface area contributed by atoms with Gasteiger partial charge in [0, 0.05) is 6.54 Å². The number of rotatable bonds is 3. The largest absolute Gasteiger partial charge is 0.459 e. The Morgan fingerprint density at radius 1 is 1.30 bits per heavy atom. The molecule has 5 nitrogen and oxygen atoms in total. The molecule has 0 spiro atoms. The topological polar surface area (TPSA) is 63.7 Å². The van der Waals surface area contributed by atoms with Crippen LogP contribution in [0.2, 0.25) is 0 Å². The van der Waals surface area contributed by atoms with Crippen molar-refractivity contribution in [2.45, 2.75) is 45.1 Å². The van der Waals surface area contributed by atoms with Crippen LogP contribution in [-0.4, -0.2) is 33.3 Å². The lowest BCUT2D eigenvalue weighted by Gasteiger charge is -2.26. The van der Waals surface area contributed by atoms with E-state index in [0.717, 1.165) is 24.8 Å². The van der Waals surface area contributed by atoms with E-state index < -0.39 is 10.0 Å². The van der Waals surface area contributed by atoms with Crippen LogP contribution in [0.4, 0.5) is 5.69 Å². The summed E-state index contributed by atoms with van der Waals surface area (Å²) in [5.74, 6) is 0.301. The molecular formula is C17H23NO4S. The van der Waals surface area contributed by atoms with E-state index in [4.69, 9.17) is 4.74 Å². The molecule has 2 atom stereocenters. The van der Waals surface area contributed by atoms with Gasteiger partial charge in [-0.2, -0.15) is 0 Å². The van der Waals surface area contributed by atoms with Gasteiger partial charge in [0.2, 0.25) is 10.0 Å². The van der Waals surface area contributed by atoms with Crippen LogP contribution in [0.1, 0.15) is 48.5 Å². The zero-order chi connectivity index (χ0) is 16.6. The van der Waals surface area contributed by atoms with Crippen molar-refractivity contribution in [3.63, 3.8) is 0 Å². The summed E-state index contributed by atoms with van der Waals surface area (Å²) in [6.07, 6.45) is 6.01. The second-order valence-corrected chi connectivity index (χ2v) is 8.63. The second kappa shape index (κ2) is 6.15. The number of carbonyl (C=O) groups excluding carboxylic acids is 1. The minimum atomic E-state index is -3.26. The Bertz CT molecular complexity index is 713. The fourth-order valence-electron chi connectivity index (χ4n) is 3.55. The summed E-state index contributed by atoms with van der Waals surface area (Å²) >= 11 is 0. The van der Waals surface area contributed by atoms with E-state index in [1.54, 1.807) is 18.2 Å². The quantitative estimate of drug-likeness (QED) is 0.796. The molecule has 0 aromatic heterocycles. The molecule has 126 valence electrons. The van der Waals surface area contributed by atoms with E-state index in [-0.39, 0.29) is 12.1 Å². The highest BCUT2D eigenvalue weighted by molar-refractivity contribution is 7.92. The van der Waals surface area contributed by atoms with Gasteiger partial charge in [-0.25, -0.2) is 13.2 Å². The van der Waals surface area contributed by atoms with Crippen molar-refractivity contribution in [1.82, 2.24) is 0 Å². The third-order valence-electron chi connectivity index (χ3n) is 4.73. The number of carbonyl (C=O) groups is 1. The second-order valence-electron chi connectivity index (χ2n) is 6.73. The standard InChI is InChI=1S/C17H23NO4S/c1-12-4-3-5-15(10-12)22-17(19)14-6-7-16-13(11-14)8-9-18(16)23(2,20)21/h6-7,11-12,15H,3-5,8-10H2,1-2H3. The number of benzene rings is 1. The van der Waals surface area contributed by atoms with Crippen molar-refractivity contribution in [1.29, 1.82) is 0 Å². The molecule has 1 aromatic rings. The van der Waals surface area contributed by atoms with Crippen molar-refractivity contribution in [3.05, 3.63) is 29.3 Å². The Labute approximate surface area is 137 Å². The molecular weight excluding hydrogens is 314 g/mol. The average Bonchev–Trinajstić information content (AvgIpc) is 2.90. The van der Waals surface area contributed by atoms with Gasteiger partial charge in [-0.05, 0) is 55.4 Å². The van der Waals surface area contributed by atoms with Crippen LogP contribution in [0.5, 0.6) is 0 Å². The summed E-state index contributed by atoms with van der Waals surface area (Å²) in [4.78, 5) is 12.3. The third-order valence-corrected chi connectivity index (χ3v) is 5.91. The van der Waals surface area contributed by atoms with Gasteiger partial charge in [-0.1, -0.05) is 13.3 Å². The lowest BCUT2D eigenvalue weighted by molar-refractivity contribution is 0.0155. The van der Waals surface area contributed by atoms with Gasteiger partial charge >= 0.3 is 5.97 Å². The lowest BCUT2D eigenvalue weighted by atomic mass is 9.89. The minimum absolute atomic E-state index is 0.00650. The SMILES string of the molecule is CC1CCCC(OC(=O)c2ccc3c(c2)CCN3S(C)(=O)=O)C1. The number of hydrogen-bond acceptors (Lipinski definition) is 4. The van der Waals surface area contributed by atoms with Crippen molar-refractivity contribution >= 4 is 21.7 Å². The first-order valence-electron chi connectivity index (χ1n) is 8.16. The Kier molecular flexibility index (Phi) is 4.36. The first-order chi connectivity index (χ1) is 10.8. The van der Waals surface area contributed by atoms with E-state index in [1.807, 2.05) is 0 Å². The molecule has 0 saturated heterocycles. The van der Waals surface area contributed by atoms with Crippen LogP contribution in [-0.2, 0) is 21.2 Å². The normalized spacial score (nSPS) is 24.3.